The molecule has 2 aromatic carbocycles. The van der Waals surface area contributed by atoms with Gasteiger partial charge in [0.15, 0.2) is 0 Å². The minimum Gasteiger partial charge on any atom is -0.492 e. The second kappa shape index (κ2) is 6.97. The lowest BCUT2D eigenvalue weighted by Gasteiger charge is -2.15. The van der Waals surface area contributed by atoms with Gasteiger partial charge in [-0.3, -0.25) is 0 Å². The number of halogens is 1. The van der Waals surface area contributed by atoms with E-state index in [1.165, 1.54) is 5.56 Å². The summed E-state index contributed by atoms with van der Waals surface area (Å²) in [5, 5.41) is 0.746. The van der Waals surface area contributed by atoms with E-state index in [4.69, 9.17) is 22.1 Å². The highest BCUT2D eigenvalue weighted by molar-refractivity contribution is 6.31. The lowest BCUT2D eigenvalue weighted by molar-refractivity contribution is 0.290. The van der Waals surface area contributed by atoms with Crippen LogP contribution in [-0.2, 0) is 0 Å². The van der Waals surface area contributed by atoms with Crippen molar-refractivity contribution in [3.63, 3.8) is 0 Å². The number of ether oxygens (including phenoxy) is 1. The molecule has 21 heavy (non-hydrogen) atoms. The van der Waals surface area contributed by atoms with E-state index in [2.05, 4.69) is 38.1 Å². The number of nitrogens with two attached hydrogens (primary N) is 1. The average molecular weight is 304 g/mol. The Morgan fingerprint density at radius 2 is 1.67 bits per heavy atom. The maximum atomic E-state index is 6.19. The van der Waals surface area contributed by atoms with Crippen LogP contribution in [0.25, 0.3) is 0 Å². The van der Waals surface area contributed by atoms with Gasteiger partial charge >= 0.3 is 0 Å². The molecular formula is C18H22ClNO. The van der Waals surface area contributed by atoms with Gasteiger partial charge in [0, 0.05) is 5.02 Å². The third-order valence-corrected chi connectivity index (χ3v) is 4.01. The van der Waals surface area contributed by atoms with Crippen LogP contribution in [0.15, 0.2) is 42.5 Å². The molecule has 0 radical (unpaired) electrons. The van der Waals surface area contributed by atoms with Crippen molar-refractivity contribution in [1.82, 2.24) is 0 Å². The Kier molecular flexibility index (Phi) is 5.27. The second-order valence-electron chi connectivity index (χ2n) is 5.65. The van der Waals surface area contributed by atoms with Crippen LogP contribution >= 0.6 is 11.6 Å². The third-order valence-electron chi connectivity index (χ3n) is 3.59. The van der Waals surface area contributed by atoms with Crippen LogP contribution in [0.3, 0.4) is 0 Å². The van der Waals surface area contributed by atoms with E-state index in [0.29, 0.717) is 12.5 Å². The van der Waals surface area contributed by atoms with Gasteiger partial charge in [-0.1, -0.05) is 49.7 Å². The molecule has 1 atom stereocenters. The zero-order valence-corrected chi connectivity index (χ0v) is 13.5. The smallest absolute Gasteiger partial charge is 0.119 e. The minimum atomic E-state index is -0.137. The Balaban J connectivity index is 1.97. The molecule has 0 spiro atoms. The van der Waals surface area contributed by atoms with Crippen LogP contribution in [-0.4, -0.2) is 6.61 Å². The summed E-state index contributed by atoms with van der Waals surface area (Å²) in [6.45, 7) is 6.77. The van der Waals surface area contributed by atoms with Crippen molar-refractivity contribution in [2.45, 2.75) is 32.7 Å². The van der Waals surface area contributed by atoms with Crippen molar-refractivity contribution in [1.29, 1.82) is 0 Å². The fourth-order valence-corrected chi connectivity index (χ4v) is 2.23. The minimum absolute atomic E-state index is 0.137. The number of rotatable bonds is 5. The van der Waals surface area contributed by atoms with Crippen molar-refractivity contribution < 1.29 is 4.74 Å². The van der Waals surface area contributed by atoms with Crippen molar-refractivity contribution >= 4 is 11.6 Å². The molecule has 2 N–H and O–H groups in total. The second-order valence-corrected chi connectivity index (χ2v) is 6.06. The highest BCUT2D eigenvalue weighted by Crippen LogP contribution is 2.22. The number of benzene rings is 2. The zero-order chi connectivity index (χ0) is 15.4. The van der Waals surface area contributed by atoms with Crippen molar-refractivity contribution in [3.8, 4) is 5.75 Å². The monoisotopic (exact) mass is 303 g/mol. The van der Waals surface area contributed by atoms with Gasteiger partial charge in [-0.25, -0.2) is 0 Å². The molecule has 3 heteroatoms. The first kappa shape index (κ1) is 15.9. The quantitative estimate of drug-likeness (QED) is 0.857. The summed E-state index contributed by atoms with van der Waals surface area (Å²) in [4.78, 5) is 0. The van der Waals surface area contributed by atoms with Gasteiger partial charge in [-0.15, -0.1) is 0 Å². The molecule has 0 aromatic heterocycles. The molecule has 0 aliphatic heterocycles. The number of hydrogen-bond acceptors (Lipinski definition) is 2. The van der Waals surface area contributed by atoms with Crippen LogP contribution in [0.1, 0.15) is 42.5 Å². The highest BCUT2D eigenvalue weighted by atomic mass is 35.5. The fourth-order valence-electron chi connectivity index (χ4n) is 2.12. The Labute approximate surface area is 131 Å². The van der Waals surface area contributed by atoms with Crippen LogP contribution in [0.2, 0.25) is 5.02 Å². The standard InChI is InChI=1S/C18H22ClNO/c1-12(2)14-4-6-15(7-5-14)18(20)11-21-16-8-9-17(19)13(3)10-16/h4-10,12,18H,11,20H2,1-3H3. The molecule has 2 aromatic rings. The highest BCUT2D eigenvalue weighted by Gasteiger charge is 2.08. The summed E-state index contributed by atoms with van der Waals surface area (Å²) in [6.07, 6.45) is 0. The van der Waals surface area contributed by atoms with Crippen molar-refractivity contribution in [3.05, 3.63) is 64.2 Å². The maximum absolute atomic E-state index is 6.19. The molecule has 0 aliphatic carbocycles. The molecule has 2 nitrogen and oxygen atoms in total. The van der Waals surface area contributed by atoms with Gasteiger partial charge in [-0.2, -0.15) is 0 Å². The Morgan fingerprint density at radius 1 is 1.05 bits per heavy atom. The lowest BCUT2D eigenvalue weighted by Crippen LogP contribution is -2.19. The molecule has 0 bridgehead atoms. The molecule has 0 heterocycles. The zero-order valence-electron chi connectivity index (χ0n) is 12.8. The SMILES string of the molecule is Cc1cc(OCC(N)c2ccc(C(C)C)cc2)ccc1Cl. The topological polar surface area (TPSA) is 35.2 Å². The van der Waals surface area contributed by atoms with E-state index in [0.717, 1.165) is 21.9 Å². The van der Waals surface area contributed by atoms with Crippen LogP contribution in [0.5, 0.6) is 5.75 Å². The van der Waals surface area contributed by atoms with Gasteiger partial charge in [0.05, 0.1) is 6.04 Å². The first-order valence-electron chi connectivity index (χ1n) is 7.21. The normalized spacial score (nSPS) is 12.5. The van der Waals surface area contributed by atoms with E-state index >= 15 is 0 Å². The first-order chi connectivity index (χ1) is 9.97. The first-order valence-corrected chi connectivity index (χ1v) is 7.59. The predicted molar refractivity (Wildman–Crippen MR) is 89.1 cm³/mol. The molecule has 2 rings (SSSR count). The summed E-state index contributed by atoms with van der Waals surface area (Å²) < 4.78 is 5.75. The maximum Gasteiger partial charge on any atom is 0.119 e. The predicted octanol–water partition coefficient (Wildman–Crippen LogP) is 4.85. The van der Waals surface area contributed by atoms with E-state index < -0.39 is 0 Å². The van der Waals surface area contributed by atoms with Gasteiger partial charge in [0.2, 0.25) is 0 Å². The van der Waals surface area contributed by atoms with Gasteiger partial charge in [0.1, 0.15) is 12.4 Å². The number of aryl methyl sites for hydroxylation is 1. The van der Waals surface area contributed by atoms with Crippen LogP contribution in [0, 0.1) is 6.92 Å². The van der Waals surface area contributed by atoms with Crippen molar-refractivity contribution in [2.24, 2.45) is 5.73 Å². The number of hydrogen-bond donors (Lipinski definition) is 1. The Bertz CT molecular complexity index is 593. The lowest BCUT2D eigenvalue weighted by atomic mass is 9.99. The van der Waals surface area contributed by atoms with Gasteiger partial charge in [0.25, 0.3) is 0 Å². The van der Waals surface area contributed by atoms with E-state index in [9.17, 15) is 0 Å². The summed E-state index contributed by atoms with van der Waals surface area (Å²) in [5.41, 5.74) is 9.60. The van der Waals surface area contributed by atoms with E-state index in [1.807, 2.05) is 25.1 Å². The molecule has 0 saturated heterocycles. The van der Waals surface area contributed by atoms with Gasteiger partial charge in [-0.05, 0) is 47.7 Å². The summed E-state index contributed by atoms with van der Waals surface area (Å²) in [6, 6.07) is 13.9. The average Bonchev–Trinajstić information content (AvgIpc) is 2.48. The Morgan fingerprint density at radius 3 is 2.24 bits per heavy atom. The summed E-state index contributed by atoms with van der Waals surface area (Å²) in [5.74, 6) is 1.33. The molecule has 0 aliphatic rings. The third kappa shape index (κ3) is 4.23. The van der Waals surface area contributed by atoms with E-state index in [1.54, 1.807) is 0 Å². The van der Waals surface area contributed by atoms with E-state index in [-0.39, 0.29) is 6.04 Å². The Hall–Kier alpha value is -1.51. The van der Waals surface area contributed by atoms with Crippen LogP contribution in [0.4, 0.5) is 0 Å². The molecule has 0 saturated carbocycles. The molecule has 0 fully saturated rings. The van der Waals surface area contributed by atoms with Crippen LogP contribution < -0.4 is 10.5 Å². The summed E-state index contributed by atoms with van der Waals surface area (Å²) in [7, 11) is 0. The largest absolute Gasteiger partial charge is 0.492 e. The van der Waals surface area contributed by atoms with Crippen molar-refractivity contribution in [2.75, 3.05) is 6.61 Å². The van der Waals surface area contributed by atoms with Gasteiger partial charge < -0.3 is 10.5 Å². The molecule has 112 valence electrons. The molecule has 1 unspecified atom stereocenters. The summed E-state index contributed by atoms with van der Waals surface area (Å²) >= 11 is 6.00. The molecular weight excluding hydrogens is 282 g/mol. The fraction of sp³-hybridized carbons (Fsp3) is 0.333. The molecule has 0 amide bonds.